The molecule has 7 heteroatoms. The van der Waals surface area contributed by atoms with E-state index >= 15 is 0 Å². The minimum absolute atomic E-state index is 0.00442. The van der Waals surface area contributed by atoms with Crippen LogP contribution in [0, 0.1) is 0 Å². The maximum absolute atomic E-state index is 12.6. The lowest BCUT2D eigenvalue weighted by atomic mass is 10.1. The van der Waals surface area contributed by atoms with E-state index in [-0.39, 0.29) is 12.5 Å². The molecule has 0 N–H and O–H groups in total. The zero-order valence-electron chi connectivity index (χ0n) is 18.0. The van der Waals surface area contributed by atoms with Crippen LogP contribution in [0.15, 0.2) is 79.0 Å². The van der Waals surface area contributed by atoms with E-state index in [2.05, 4.69) is 14.9 Å². The molecule has 3 aromatic carbocycles. The van der Waals surface area contributed by atoms with Crippen molar-refractivity contribution in [1.82, 2.24) is 14.9 Å². The van der Waals surface area contributed by atoms with Crippen molar-refractivity contribution in [2.75, 3.05) is 37.7 Å². The molecule has 0 spiro atoms. The van der Waals surface area contributed by atoms with Crippen LogP contribution in [0.2, 0.25) is 5.02 Å². The molecular formula is C26H23ClN4O2. The first-order chi connectivity index (χ1) is 16.2. The minimum Gasteiger partial charge on any atom is -0.484 e. The van der Waals surface area contributed by atoms with Crippen molar-refractivity contribution in [3.05, 3.63) is 84.0 Å². The zero-order valence-corrected chi connectivity index (χ0v) is 18.8. The van der Waals surface area contributed by atoms with Crippen molar-refractivity contribution >= 4 is 34.2 Å². The van der Waals surface area contributed by atoms with Gasteiger partial charge >= 0.3 is 0 Å². The molecule has 1 aliphatic heterocycles. The Kier molecular flexibility index (Phi) is 6.09. The number of hydrogen-bond donors (Lipinski definition) is 0. The van der Waals surface area contributed by atoms with Crippen LogP contribution in [0.3, 0.4) is 0 Å². The van der Waals surface area contributed by atoms with Crippen molar-refractivity contribution in [3.63, 3.8) is 0 Å². The van der Waals surface area contributed by atoms with Gasteiger partial charge in [-0.1, -0.05) is 23.7 Å². The van der Waals surface area contributed by atoms with Crippen molar-refractivity contribution in [1.29, 1.82) is 0 Å². The molecule has 6 nitrogen and oxygen atoms in total. The van der Waals surface area contributed by atoms with E-state index in [1.807, 2.05) is 77.7 Å². The largest absolute Gasteiger partial charge is 0.484 e. The predicted octanol–water partition coefficient (Wildman–Crippen LogP) is 4.68. The second-order valence-electron chi connectivity index (χ2n) is 7.90. The molecule has 1 saturated heterocycles. The average Bonchev–Trinajstić information content (AvgIpc) is 2.88. The molecule has 1 aromatic heterocycles. The second-order valence-corrected chi connectivity index (χ2v) is 8.34. The van der Waals surface area contributed by atoms with Crippen LogP contribution < -0.4 is 9.64 Å². The summed E-state index contributed by atoms with van der Waals surface area (Å²) in [6, 6.07) is 23.2. The SMILES string of the molecule is O=C(COc1ccc(-c2cnc3ccccc3n2)cc1)N1CCN(c2ccc(Cl)cc2)CC1. The Bertz CT molecular complexity index is 1250. The molecule has 5 rings (SSSR count). The molecular weight excluding hydrogens is 436 g/mol. The molecule has 1 amide bonds. The number of amides is 1. The Balaban J connectivity index is 1.14. The van der Waals surface area contributed by atoms with Crippen LogP contribution >= 0.6 is 11.6 Å². The fraction of sp³-hybridized carbons (Fsp3) is 0.192. The molecule has 2 heterocycles. The van der Waals surface area contributed by atoms with Gasteiger partial charge in [0, 0.05) is 42.5 Å². The van der Waals surface area contributed by atoms with Crippen LogP contribution in [0.5, 0.6) is 5.75 Å². The second kappa shape index (κ2) is 9.46. The van der Waals surface area contributed by atoms with E-state index in [9.17, 15) is 4.79 Å². The van der Waals surface area contributed by atoms with Gasteiger partial charge in [-0.25, -0.2) is 4.98 Å². The van der Waals surface area contributed by atoms with Gasteiger partial charge in [0.05, 0.1) is 22.9 Å². The van der Waals surface area contributed by atoms with Crippen LogP contribution in [0.4, 0.5) is 5.69 Å². The minimum atomic E-state index is -0.00442. The van der Waals surface area contributed by atoms with Crippen molar-refractivity contribution in [2.45, 2.75) is 0 Å². The number of para-hydroxylation sites is 2. The first-order valence-corrected chi connectivity index (χ1v) is 11.3. The molecule has 0 radical (unpaired) electrons. The number of carbonyl (C=O) groups excluding carboxylic acids is 1. The van der Waals surface area contributed by atoms with Crippen molar-refractivity contribution < 1.29 is 9.53 Å². The van der Waals surface area contributed by atoms with Gasteiger partial charge in [0.1, 0.15) is 5.75 Å². The lowest BCUT2D eigenvalue weighted by Crippen LogP contribution is -2.50. The van der Waals surface area contributed by atoms with E-state index in [0.717, 1.165) is 46.1 Å². The Morgan fingerprint density at radius 1 is 0.879 bits per heavy atom. The van der Waals surface area contributed by atoms with E-state index in [0.29, 0.717) is 18.8 Å². The summed E-state index contributed by atoms with van der Waals surface area (Å²) < 4.78 is 5.75. The van der Waals surface area contributed by atoms with Gasteiger partial charge < -0.3 is 14.5 Å². The smallest absolute Gasteiger partial charge is 0.260 e. The quantitative estimate of drug-likeness (QED) is 0.434. The maximum atomic E-state index is 12.6. The van der Waals surface area contributed by atoms with Crippen molar-refractivity contribution in [3.8, 4) is 17.0 Å². The topological polar surface area (TPSA) is 58.6 Å². The monoisotopic (exact) mass is 458 g/mol. The molecule has 4 aromatic rings. The third kappa shape index (κ3) is 4.91. The summed E-state index contributed by atoms with van der Waals surface area (Å²) in [4.78, 5) is 25.9. The lowest BCUT2D eigenvalue weighted by molar-refractivity contribution is -0.133. The number of hydrogen-bond acceptors (Lipinski definition) is 5. The fourth-order valence-corrected chi connectivity index (χ4v) is 4.05. The van der Waals surface area contributed by atoms with Gasteiger partial charge in [0.25, 0.3) is 5.91 Å². The number of rotatable bonds is 5. The van der Waals surface area contributed by atoms with Crippen LogP contribution in [0.1, 0.15) is 0 Å². The number of fused-ring (bicyclic) bond motifs is 1. The number of nitrogens with zero attached hydrogens (tertiary/aromatic N) is 4. The summed E-state index contributed by atoms with van der Waals surface area (Å²) in [5.74, 6) is 0.649. The van der Waals surface area contributed by atoms with E-state index in [1.54, 1.807) is 6.20 Å². The standard InChI is InChI=1S/C26H23ClN4O2/c27-20-7-9-21(10-8-20)30-13-15-31(16-14-30)26(32)18-33-22-11-5-19(6-12-22)25-17-28-23-3-1-2-4-24(23)29-25/h1-12,17H,13-16,18H2. The van der Waals surface area contributed by atoms with Crippen LogP contribution in [0.25, 0.3) is 22.3 Å². The Labute approximate surface area is 197 Å². The molecule has 0 saturated carbocycles. The maximum Gasteiger partial charge on any atom is 0.260 e. The third-order valence-electron chi connectivity index (χ3n) is 5.79. The van der Waals surface area contributed by atoms with Gasteiger partial charge in [0.15, 0.2) is 6.61 Å². The Hall–Kier alpha value is -3.64. The number of halogens is 1. The van der Waals surface area contributed by atoms with E-state index in [4.69, 9.17) is 16.3 Å². The van der Waals surface area contributed by atoms with Crippen molar-refractivity contribution in [2.24, 2.45) is 0 Å². The highest BCUT2D eigenvalue weighted by atomic mass is 35.5. The molecule has 0 unspecified atom stereocenters. The summed E-state index contributed by atoms with van der Waals surface area (Å²) in [5.41, 5.74) is 4.60. The molecule has 0 bridgehead atoms. The first-order valence-electron chi connectivity index (χ1n) is 10.9. The van der Waals surface area contributed by atoms with Gasteiger partial charge in [-0.2, -0.15) is 0 Å². The molecule has 166 valence electrons. The normalized spacial score (nSPS) is 13.8. The summed E-state index contributed by atoms with van der Waals surface area (Å²) in [6.07, 6.45) is 1.77. The number of carbonyl (C=O) groups is 1. The van der Waals surface area contributed by atoms with Gasteiger partial charge in [-0.3, -0.25) is 9.78 Å². The molecule has 0 aliphatic carbocycles. The highest BCUT2D eigenvalue weighted by molar-refractivity contribution is 6.30. The highest BCUT2D eigenvalue weighted by Crippen LogP contribution is 2.23. The van der Waals surface area contributed by atoms with Gasteiger partial charge in [-0.05, 0) is 60.7 Å². The highest BCUT2D eigenvalue weighted by Gasteiger charge is 2.21. The Morgan fingerprint density at radius 2 is 1.58 bits per heavy atom. The molecule has 1 aliphatic rings. The predicted molar refractivity (Wildman–Crippen MR) is 131 cm³/mol. The van der Waals surface area contributed by atoms with Crippen LogP contribution in [-0.2, 0) is 4.79 Å². The van der Waals surface area contributed by atoms with Gasteiger partial charge in [0.2, 0.25) is 0 Å². The Morgan fingerprint density at radius 3 is 2.30 bits per heavy atom. The van der Waals surface area contributed by atoms with Crippen LogP contribution in [-0.4, -0.2) is 53.6 Å². The van der Waals surface area contributed by atoms with E-state index < -0.39 is 0 Å². The summed E-state index contributed by atoms with van der Waals surface area (Å²) in [5, 5.41) is 0.725. The molecule has 1 fully saturated rings. The number of piperazine rings is 1. The average molecular weight is 459 g/mol. The number of anilines is 1. The number of aromatic nitrogens is 2. The zero-order chi connectivity index (χ0) is 22.6. The summed E-state index contributed by atoms with van der Waals surface area (Å²) in [7, 11) is 0. The molecule has 33 heavy (non-hydrogen) atoms. The van der Waals surface area contributed by atoms with Gasteiger partial charge in [-0.15, -0.1) is 0 Å². The fourth-order valence-electron chi connectivity index (χ4n) is 3.92. The summed E-state index contributed by atoms with van der Waals surface area (Å²) in [6.45, 7) is 2.94. The lowest BCUT2D eigenvalue weighted by Gasteiger charge is -2.36. The number of benzene rings is 3. The number of ether oxygens (including phenoxy) is 1. The third-order valence-corrected chi connectivity index (χ3v) is 6.04. The molecule has 0 atom stereocenters. The van der Waals surface area contributed by atoms with E-state index in [1.165, 1.54) is 0 Å². The first kappa shape index (κ1) is 21.2. The summed E-state index contributed by atoms with van der Waals surface area (Å²) >= 11 is 5.97.